The summed E-state index contributed by atoms with van der Waals surface area (Å²) in [7, 11) is 0. The SMILES string of the molecule is O=C(Cc1cccc(N(Cc2ccccc2)C(=O)c2ccc(Cl)cc2Cl)c1)NCc1cccnc1. The molecule has 4 rings (SSSR count). The minimum Gasteiger partial charge on any atom is -0.352 e. The van der Waals surface area contributed by atoms with Crippen molar-refractivity contribution in [1.82, 2.24) is 10.3 Å². The topological polar surface area (TPSA) is 62.3 Å². The molecule has 2 amide bonds. The minimum absolute atomic E-state index is 0.118. The summed E-state index contributed by atoms with van der Waals surface area (Å²) in [5.41, 5.74) is 3.70. The van der Waals surface area contributed by atoms with E-state index in [1.165, 1.54) is 0 Å². The summed E-state index contributed by atoms with van der Waals surface area (Å²) in [5.74, 6) is -0.374. The first-order chi connectivity index (χ1) is 17.0. The molecular formula is C28H23Cl2N3O2. The molecule has 0 spiro atoms. The largest absolute Gasteiger partial charge is 0.352 e. The highest BCUT2D eigenvalue weighted by Crippen LogP contribution is 2.27. The van der Waals surface area contributed by atoms with E-state index in [1.54, 1.807) is 35.5 Å². The fourth-order valence-electron chi connectivity index (χ4n) is 3.64. The maximum absolute atomic E-state index is 13.6. The minimum atomic E-state index is -0.256. The summed E-state index contributed by atoms with van der Waals surface area (Å²) >= 11 is 12.4. The molecule has 35 heavy (non-hydrogen) atoms. The Labute approximate surface area is 214 Å². The monoisotopic (exact) mass is 503 g/mol. The summed E-state index contributed by atoms with van der Waals surface area (Å²) < 4.78 is 0. The van der Waals surface area contributed by atoms with E-state index in [0.717, 1.165) is 16.7 Å². The number of carbonyl (C=O) groups is 2. The summed E-state index contributed by atoms with van der Waals surface area (Å²) in [6, 6.07) is 25.7. The third-order valence-electron chi connectivity index (χ3n) is 5.39. The lowest BCUT2D eigenvalue weighted by molar-refractivity contribution is -0.120. The van der Waals surface area contributed by atoms with E-state index in [0.29, 0.717) is 29.4 Å². The van der Waals surface area contributed by atoms with Gasteiger partial charge in [-0.2, -0.15) is 0 Å². The van der Waals surface area contributed by atoms with Gasteiger partial charge in [-0.1, -0.05) is 71.7 Å². The molecule has 3 aromatic carbocycles. The molecule has 0 aliphatic carbocycles. The van der Waals surface area contributed by atoms with Gasteiger partial charge in [0.05, 0.1) is 23.6 Å². The fourth-order valence-corrected chi connectivity index (χ4v) is 4.13. The predicted octanol–water partition coefficient (Wildman–Crippen LogP) is 6.09. The Hall–Kier alpha value is -3.67. The molecule has 7 heteroatoms. The summed E-state index contributed by atoms with van der Waals surface area (Å²) in [5, 5.41) is 3.65. The number of nitrogens with zero attached hydrogens (tertiary/aromatic N) is 2. The van der Waals surface area contributed by atoms with E-state index in [-0.39, 0.29) is 23.3 Å². The Morgan fingerprint density at radius 1 is 0.829 bits per heavy atom. The van der Waals surface area contributed by atoms with E-state index >= 15 is 0 Å². The zero-order chi connectivity index (χ0) is 24.6. The van der Waals surface area contributed by atoms with Crippen LogP contribution in [0, 0.1) is 0 Å². The van der Waals surface area contributed by atoms with Gasteiger partial charge in [0.15, 0.2) is 0 Å². The molecule has 0 saturated heterocycles. The molecule has 0 radical (unpaired) electrons. The number of rotatable bonds is 8. The normalized spacial score (nSPS) is 10.6. The van der Waals surface area contributed by atoms with Crippen LogP contribution in [0.2, 0.25) is 10.0 Å². The Balaban J connectivity index is 1.56. The van der Waals surface area contributed by atoms with E-state index in [9.17, 15) is 9.59 Å². The third kappa shape index (κ3) is 6.69. The van der Waals surface area contributed by atoms with Crippen LogP contribution < -0.4 is 10.2 Å². The van der Waals surface area contributed by atoms with Gasteiger partial charge in [-0.05, 0) is 53.1 Å². The molecule has 0 saturated carbocycles. The van der Waals surface area contributed by atoms with Crippen molar-refractivity contribution in [1.29, 1.82) is 0 Å². The predicted molar refractivity (Wildman–Crippen MR) is 140 cm³/mol. The molecule has 5 nitrogen and oxygen atoms in total. The van der Waals surface area contributed by atoms with Gasteiger partial charge in [-0.3, -0.25) is 14.6 Å². The standard InChI is InChI=1S/C28H23Cl2N3O2/c29-23-11-12-25(26(30)16-23)28(35)33(19-20-6-2-1-3-7-20)24-10-4-8-21(14-24)15-27(34)32-18-22-9-5-13-31-17-22/h1-14,16-17H,15,18-19H2,(H,32,34). The second kappa shape index (κ2) is 11.6. The number of hydrogen-bond acceptors (Lipinski definition) is 3. The number of anilines is 1. The van der Waals surface area contributed by atoms with E-state index in [1.807, 2.05) is 66.7 Å². The van der Waals surface area contributed by atoms with E-state index in [2.05, 4.69) is 10.3 Å². The van der Waals surface area contributed by atoms with Crippen molar-refractivity contribution in [3.63, 3.8) is 0 Å². The zero-order valence-electron chi connectivity index (χ0n) is 18.8. The fraction of sp³-hybridized carbons (Fsp3) is 0.107. The van der Waals surface area contributed by atoms with Gasteiger partial charge in [0, 0.05) is 29.6 Å². The van der Waals surface area contributed by atoms with Crippen molar-refractivity contribution < 1.29 is 9.59 Å². The average molecular weight is 504 g/mol. The lowest BCUT2D eigenvalue weighted by Crippen LogP contribution is -2.31. The van der Waals surface area contributed by atoms with Gasteiger partial charge in [0.2, 0.25) is 5.91 Å². The lowest BCUT2D eigenvalue weighted by Gasteiger charge is -2.24. The second-order valence-corrected chi connectivity index (χ2v) is 8.83. The van der Waals surface area contributed by atoms with E-state index in [4.69, 9.17) is 23.2 Å². The van der Waals surface area contributed by atoms with Crippen molar-refractivity contribution in [2.24, 2.45) is 0 Å². The number of benzene rings is 3. The highest BCUT2D eigenvalue weighted by Gasteiger charge is 2.21. The van der Waals surface area contributed by atoms with E-state index < -0.39 is 0 Å². The first kappa shape index (κ1) is 24.5. The summed E-state index contributed by atoms with van der Waals surface area (Å²) in [4.78, 5) is 31.8. The van der Waals surface area contributed by atoms with Gasteiger partial charge in [-0.25, -0.2) is 0 Å². The Kier molecular flexibility index (Phi) is 8.14. The van der Waals surface area contributed by atoms with Crippen molar-refractivity contribution in [3.8, 4) is 0 Å². The quantitative estimate of drug-likeness (QED) is 0.316. The van der Waals surface area contributed by atoms with Gasteiger partial charge in [-0.15, -0.1) is 0 Å². The molecule has 176 valence electrons. The maximum atomic E-state index is 13.6. The van der Waals surface area contributed by atoms with Crippen LogP contribution in [0.5, 0.6) is 0 Å². The van der Waals surface area contributed by atoms with Crippen LogP contribution in [0.25, 0.3) is 0 Å². The number of hydrogen-bond donors (Lipinski definition) is 1. The molecular weight excluding hydrogens is 481 g/mol. The number of nitrogens with one attached hydrogen (secondary N) is 1. The Morgan fingerprint density at radius 2 is 1.60 bits per heavy atom. The number of halogens is 2. The van der Waals surface area contributed by atoms with Crippen LogP contribution in [0.15, 0.2) is 97.3 Å². The summed E-state index contributed by atoms with van der Waals surface area (Å²) in [6.45, 7) is 0.745. The molecule has 0 atom stereocenters. The Morgan fingerprint density at radius 3 is 2.34 bits per heavy atom. The molecule has 0 bridgehead atoms. The van der Waals surface area contributed by atoms with Crippen LogP contribution in [0.1, 0.15) is 27.0 Å². The molecule has 0 aliphatic heterocycles. The molecule has 0 aliphatic rings. The smallest absolute Gasteiger partial charge is 0.260 e. The van der Waals surface area contributed by atoms with Gasteiger partial charge >= 0.3 is 0 Å². The molecule has 1 N–H and O–H groups in total. The highest BCUT2D eigenvalue weighted by atomic mass is 35.5. The number of carbonyl (C=O) groups excluding carboxylic acids is 2. The van der Waals surface area contributed by atoms with Crippen LogP contribution in [-0.4, -0.2) is 16.8 Å². The first-order valence-electron chi connectivity index (χ1n) is 11.0. The highest BCUT2D eigenvalue weighted by molar-refractivity contribution is 6.37. The van der Waals surface area contributed by atoms with Crippen LogP contribution in [0.4, 0.5) is 5.69 Å². The van der Waals surface area contributed by atoms with Crippen molar-refractivity contribution >= 4 is 40.7 Å². The number of amides is 2. The second-order valence-electron chi connectivity index (χ2n) is 7.99. The maximum Gasteiger partial charge on any atom is 0.260 e. The molecule has 0 unspecified atom stereocenters. The Bertz CT molecular complexity index is 1310. The molecule has 1 heterocycles. The zero-order valence-corrected chi connectivity index (χ0v) is 20.3. The molecule has 4 aromatic rings. The lowest BCUT2D eigenvalue weighted by atomic mass is 10.1. The average Bonchev–Trinajstić information content (AvgIpc) is 2.87. The summed E-state index contributed by atoms with van der Waals surface area (Å²) in [6.07, 6.45) is 3.59. The van der Waals surface area contributed by atoms with Crippen molar-refractivity contribution in [2.45, 2.75) is 19.5 Å². The van der Waals surface area contributed by atoms with Gasteiger partial charge in [0.25, 0.3) is 5.91 Å². The van der Waals surface area contributed by atoms with Crippen LogP contribution in [0.3, 0.4) is 0 Å². The van der Waals surface area contributed by atoms with Crippen LogP contribution in [-0.2, 0) is 24.3 Å². The number of aromatic nitrogens is 1. The van der Waals surface area contributed by atoms with Crippen LogP contribution >= 0.6 is 23.2 Å². The van der Waals surface area contributed by atoms with Gasteiger partial charge < -0.3 is 10.2 Å². The molecule has 0 fully saturated rings. The first-order valence-corrected chi connectivity index (χ1v) is 11.8. The van der Waals surface area contributed by atoms with Gasteiger partial charge in [0.1, 0.15) is 0 Å². The number of pyridine rings is 1. The van der Waals surface area contributed by atoms with Crippen molar-refractivity contribution in [3.05, 3.63) is 130 Å². The molecule has 1 aromatic heterocycles. The van der Waals surface area contributed by atoms with Crippen molar-refractivity contribution in [2.75, 3.05) is 4.90 Å². The third-order valence-corrected chi connectivity index (χ3v) is 5.94.